The summed E-state index contributed by atoms with van der Waals surface area (Å²) in [7, 11) is 5.43. The lowest BCUT2D eigenvalue weighted by Gasteiger charge is -2.34. The van der Waals surface area contributed by atoms with Crippen LogP contribution in [0.5, 0.6) is 0 Å². The summed E-state index contributed by atoms with van der Waals surface area (Å²) in [6.07, 6.45) is 68.0. The molecule has 0 aliphatic heterocycles. The van der Waals surface area contributed by atoms with Crippen LogP contribution in [0.25, 0.3) is 0 Å². The molecule has 404 valence electrons. The van der Waals surface area contributed by atoms with Crippen molar-refractivity contribution in [2.75, 3.05) is 41.0 Å². The van der Waals surface area contributed by atoms with E-state index in [0.29, 0.717) is 12.8 Å². The predicted molar refractivity (Wildman–Crippen MR) is 296 cm³/mol. The number of unbranched alkanes of at least 4 members (excludes halogenated alkanes) is 26. The first kappa shape index (κ1) is 66.8. The Labute approximate surface area is 431 Å². The van der Waals surface area contributed by atoms with Gasteiger partial charge in [-0.2, -0.15) is 0 Å². The maximum Gasteiger partial charge on any atom is 0.306 e. The Morgan fingerprint density at radius 2 is 0.757 bits per heavy atom. The van der Waals surface area contributed by atoms with Gasteiger partial charge in [-0.1, -0.05) is 228 Å². The SMILES string of the molecule is CC/C=C/C/C=C/C/C=C/CCCCCCCCCCCCCCCC(=O)OCC(COCCC(C(=O)[O-])[N+](C)(C)C)OC(=O)CCCCCCCCCCCCCCC/C=C/C/C=C/C/C=C/CC. The van der Waals surface area contributed by atoms with Gasteiger partial charge in [-0.15, -0.1) is 0 Å². The number of ether oxygens (including phenoxy) is 3. The van der Waals surface area contributed by atoms with Gasteiger partial charge in [0.05, 0.1) is 40.3 Å². The van der Waals surface area contributed by atoms with Gasteiger partial charge in [0, 0.05) is 19.3 Å². The Morgan fingerprint density at radius 1 is 0.429 bits per heavy atom. The maximum absolute atomic E-state index is 12.8. The summed E-state index contributed by atoms with van der Waals surface area (Å²) >= 11 is 0. The third kappa shape index (κ3) is 49.7. The van der Waals surface area contributed by atoms with E-state index in [2.05, 4.69) is 86.8 Å². The lowest BCUT2D eigenvalue weighted by atomic mass is 10.0. The number of likely N-dealkylation sites (N-methyl/N-ethyl adjacent to an activating group) is 1. The van der Waals surface area contributed by atoms with Gasteiger partial charge in [-0.3, -0.25) is 9.59 Å². The normalized spacial score (nSPS) is 13.3. The van der Waals surface area contributed by atoms with Crippen LogP contribution in [0.1, 0.15) is 251 Å². The molecular formula is C62H109NO7. The molecule has 2 unspecified atom stereocenters. The van der Waals surface area contributed by atoms with Crippen LogP contribution in [0.4, 0.5) is 0 Å². The van der Waals surface area contributed by atoms with Gasteiger partial charge in [0.1, 0.15) is 12.6 Å². The number of hydrogen-bond donors (Lipinski definition) is 0. The van der Waals surface area contributed by atoms with Crippen molar-refractivity contribution >= 4 is 17.9 Å². The first-order valence-electron chi connectivity index (χ1n) is 29.0. The van der Waals surface area contributed by atoms with Gasteiger partial charge in [-0.05, 0) is 77.0 Å². The highest BCUT2D eigenvalue weighted by Gasteiger charge is 2.25. The fourth-order valence-corrected chi connectivity index (χ4v) is 8.46. The number of nitrogens with zero attached hydrogens (tertiary/aromatic N) is 1. The van der Waals surface area contributed by atoms with Crippen molar-refractivity contribution in [3.8, 4) is 0 Å². The number of carbonyl (C=O) groups excluding carboxylic acids is 3. The lowest BCUT2D eigenvalue weighted by molar-refractivity contribution is -0.889. The van der Waals surface area contributed by atoms with Crippen molar-refractivity contribution in [2.45, 2.75) is 264 Å². The number of aliphatic carboxylic acids is 1. The molecule has 0 aliphatic rings. The molecule has 0 aromatic heterocycles. The lowest BCUT2D eigenvalue weighted by Crippen LogP contribution is -2.55. The molecule has 8 nitrogen and oxygen atoms in total. The number of rotatable bonds is 52. The quantitative estimate of drug-likeness (QED) is 0.0259. The number of carbonyl (C=O) groups is 3. The molecule has 0 heterocycles. The molecule has 8 heteroatoms. The summed E-state index contributed by atoms with van der Waals surface area (Å²) < 4.78 is 17.3. The molecule has 0 saturated carbocycles. The first-order valence-corrected chi connectivity index (χ1v) is 29.0. The third-order valence-corrected chi connectivity index (χ3v) is 12.8. The molecule has 0 aromatic rings. The van der Waals surface area contributed by atoms with Crippen LogP contribution in [0.2, 0.25) is 0 Å². The number of quaternary nitrogens is 1. The van der Waals surface area contributed by atoms with Gasteiger partial charge < -0.3 is 28.6 Å². The second kappa shape index (κ2) is 52.1. The van der Waals surface area contributed by atoms with Crippen LogP contribution < -0.4 is 5.11 Å². The average molecular weight is 981 g/mol. The molecule has 0 aromatic carbocycles. The van der Waals surface area contributed by atoms with Crippen molar-refractivity contribution in [1.82, 2.24) is 0 Å². The molecule has 70 heavy (non-hydrogen) atoms. The molecule has 2 atom stereocenters. The Hall–Kier alpha value is -3.23. The fraction of sp³-hybridized carbons (Fsp3) is 0.758. The van der Waals surface area contributed by atoms with E-state index in [1.165, 1.54) is 141 Å². The number of hydrogen-bond acceptors (Lipinski definition) is 7. The van der Waals surface area contributed by atoms with Crippen LogP contribution in [-0.2, 0) is 28.6 Å². The van der Waals surface area contributed by atoms with Crippen molar-refractivity contribution in [1.29, 1.82) is 0 Å². The van der Waals surface area contributed by atoms with Gasteiger partial charge in [0.25, 0.3) is 0 Å². The molecule has 0 saturated heterocycles. The minimum atomic E-state index is -1.12. The molecule has 0 spiro atoms. The summed E-state index contributed by atoms with van der Waals surface area (Å²) in [5.41, 5.74) is 0. The number of esters is 2. The molecule has 0 amide bonds. The van der Waals surface area contributed by atoms with E-state index in [9.17, 15) is 19.5 Å². The molecular weight excluding hydrogens is 871 g/mol. The van der Waals surface area contributed by atoms with Crippen LogP contribution in [0.15, 0.2) is 72.9 Å². The second-order valence-electron chi connectivity index (χ2n) is 20.5. The van der Waals surface area contributed by atoms with E-state index >= 15 is 0 Å². The zero-order valence-corrected chi connectivity index (χ0v) is 46.2. The fourth-order valence-electron chi connectivity index (χ4n) is 8.46. The largest absolute Gasteiger partial charge is 0.544 e. The summed E-state index contributed by atoms with van der Waals surface area (Å²) in [5, 5.41) is 11.7. The molecule has 0 fully saturated rings. The second-order valence-corrected chi connectivity index (χ2v) is 20.5. The summed E-state index contributed by atoms with van der Waals surface area (Å²) in [4.78, 5) is 37.2. The Morgan fingerprint density at radius 3 is 1.11 bits per heavy atom. The van der Waals surface area contributed by atoms with E-state index in [0.717, 1.165) is 77.0 Å². The van der Waals surface area contributed by atoms with Gasteiger partial charge in [0.15, 0.2) is 6.10 Å². The van der Waals surface area contributed by atoms with Crippen LogP contribution in [0.3, 0.4) is 0 Å². The summed E-state index contributed by atoms with van der Waals surface area (Å²) in [6.45, 7) is 4.47. The van der Waals surface area contributed by atoms with Crippen molar-refractivity contribution in [3.05, 3.63) is 72.9 Å². The van der Waals surface area contributed by atoms with Crippen molar-refractivity contribution < 1.29 is 38.2 Å². The molecule has 0 bridgehead atoms. The highest BCUT2D eigenvalue weighted by molar-refractivity contribution is 5.70. The topological polar surface area (TPSA) is 102 Å². The van der Waals surface area contributed by atoms with Crippen LogP contribution >= 0.6 is 0 Å². The number of allylic oxidation sites excluding steroid dienone is 12. The monoisotopic (exact) mass is 980 g/mol. The van der Waals surface area contributed by atoms with E-state index in [4.69, 9.17) is 14.2 Å². The summed E-state index contributed by atoms with van der Waals surface area (Å²) in [5.74, 6) is -1.73. The highest BCUT2D eigenvalue weighted by atomic mass is 16.6. The van der Waals surface area contributed by atoms with E-state index in [-0.39, 0.29) is 42.7 Å². The number of carboxylic acids is 1. The molecule has 0 N–H and O–H groups in total. The minimum Gasteiger partial charge on any atom is -0.544 e. The third-order valence-electron chi connectivity index (χ3n) is 12.8. The maximum atomic E-state index is 12.8. The Balaban J connectivity index is 4.14. The number of carboxylic acid groups (broad SMARTS) is 1. The van der Waals surface area contributed by atoms with E-state index in [1.807, 2.05) is 21.1 Å². The molecule has 0 radical (unpaired) electrons. The average Bonchev–Trinajstić information content (AvgIpc) is 3.33. The zero-order chi connectivity index (χ0) is 51.3. The van der Waals surface area contributed by atoms with E-state index in [1.54, 1.807) is 0 Å². The zero-order valence-electron chi connectivity index (χ0n) is 46.2. The highest BCUT2D eigenvalue weighted by Crippen LogP contribution is 2.17. The van der Waals surface area contributed by atoms with E-state index < -0.39 is 18.1 Å². The van der Waals surface area contributed by atoms with Crippen LogP contribution in [0, 0.1) is 0 Å². The molecule has 0 aliphatic carbocycles. The molecule has 0 rings (SSSR count). The smallest absolute Gasteiger partial charge is 0.306 e. The Kier molecular flexibility index (Phi) is 49.7. The van der Waals surface area contributed by atoms with Gasteiger partial charge in [-0.25, -0.2) is 0 Å². The predicted octanol–water partition coefficient (Wildman–Crippen LogP) is 16.1. The van der Waals surface area contributed by atoms with Gasteiger partial charge >= 0.3 is 11.9 Å². The van der Waals surface area contributed by atoms with Crippen LogP contribution in [-0.4, -0.2) is 75.5 Å². The van der Waals surface area contributed by atoms with Gasteiger partial charge in [0.2, 0.25) is 0 Å². The first-order chi connectivity index (χ1) is 34.1. The Bertz CT molecular complexity index is 1370. The summed E-state index contributed by atoms with van der Waals surface area (Å²) in [6, 6.07) is -0.729. The standard InChI is InChI=1S/C62H109NO7/c1-6-8-10-12-14-16-18-20-22-24-26-28-30-32-34-36-38-40-42-44-46-48-50-52-60(64)69-57-58(56-68-55-54-59(62(66)67)63(3,4)5)70-61(65)53-51-49-47-45-43-41-39-37-35-33-31-29-27-25-23-21-19-17-15-13-11-9-7-2/h8-11,14-17,20-23,58-59H,6-7,12-13,18-19,24-57H2,1-5H3/b10-8+,11-9+,16-14+,17-15+,22-20+,23-21+. The van der Waals surface area contributed by atoms with Crippen molar-refractivity contribution in [2.24, 2.45) is 0 Å². The minimum absolute atomic E-state index is 0.0396. The van der Waals surface area contributed by atoms with Crippen molar-refractivity contribution in [3.63, 3.8) is 0 Å².